The average Bonchev–Trinajstić information content (AvgIpc) is 2.69. The Bertz CT molecular complexity index is 759. The highest BCUT2D eigenvalue weighted by Crippen LogP contribution is 2.20. The first-order valence-corrected chi connectivity index (χ1v) is 9.62. The quantitative estimate of drug-likeness (QED) is 0.815. The number of piperidine rings is 1. The Kier molecular flexibility index (Phi) is 6.39. The molecule has 0 radical (unpaired) electrons. The minimum absolute atomic E-state index is 0.0921. The largest absolute Gasteiger partial charge is 0.352 e. The minimum atomic E-state index is -0.0921. The molecule has 1 aromatic carbocycles. The highest BCUT2D eigenvalue weighted by atomic mass is 79.9. The highest BCUT2D eigenvalue weighted by Gasteiger charge is 2.23. The number of hydrogen-bond donors (Lipinski definition) is 1. The van der Waals surface area contributed by atoms with Crippen LogP contribution in [0.15, 0.2) is 53.3 Å². The fourth-order valence-corrected chi connectivity index (χ4v) is 3.56. The van der Waals surface area contributed by atoms with Crippen LogP contribution in [0.1, 0.15) is 28.8 Å². The molecule has 5 nitrogen and oxygen atoms in total. The van der Waals surface area contributed by atoms with Gasteiger partial charge in [0.05, 0.1) is 12.0 Å². The number of nitrogens with zero attached hydrogens (tertiary/aromatic N) is 2. The Morgan fingerprint density at radius 3 is 2.62 bits per heavy atom. The zero-order valence-corrected chi connectivity index (χ0v) is 16.1. The first kappa shape index (κ1) is 18.6. The van der Waals surface area contributed by atoms with Crippen molar-refractivity contribution in [3.8, 4) is 0 Å². The van der Waals surface area contributed by atoms with Gasteiger partial charge in [0.1, 0.15) is 0 Å². The van der Waals surface area contributed by atoms with Gasteiger partial charge in [0.15, 0.2) is 0 Å². The highest BCUT2D eigenvalue weighted by molar-refractivity contribution is 9.10. The van der Waals surface area contributed by atoms with Crippen molar-refractivity contribution in [1.29, 1.82) is 0 Å². The minimum Gasteiger partial charge on any atom is -0.352 e. The third-order valence-electron chi connectivity index (χ3n) is 4.74. The molecule has 136 valence electrons. The number of hydrogen-bond acceptors (Lipinski definition) is 3. The van der Waals surface area contributed by atoms with Gasteiger partial charge in [-0.2, -0.15) is 0 Å². The van der Waals surface area contributed by atoms with Gasteiger partial charge in [-0.05, 0) is 42.5 Å². The van der Waals surface area contributed by atoms with E-state index in [-0.39, 0.29) is 11.8 Å². The monoisotopic (exact) mass is 415 g/mol. The van der Waals surface area contributed by atoms with Gasteiger partial charge >= 0.3 is 0 Å². The van der Waals surface area contributed by atoms with Crippen molar-refractivity contribution in [2.45, 2.75) is 19.3 Å². The Hall–Kier alpha value is -2.21. The molecule has 2 amide bonds. The Morgan fingerprint density at radius 1 is 1.15 bits per heavy atom. The number of nitrogens with one attached hydrogen (secondary N) is 1. The molecule has 0 atom stereocenters. The predicted molar refractivity (Wildman–Crippen MR) is 104 cm³/mol. The van der Waals surface area contributed by atoms with E-state index in [1.165, 1.54) is 0 Å². The Balaban J connectivity index is 1.43. The van der Waals surface area contributed by atoms with Crippen LogP contribution in [0.3, 0.4) is 0 Å². The average molecular weight is 416 g/mol. The molecule has 26 heavy (non-hydrogen) atoms. The number of carbonyl (C=O) groups is 2. The number of amides is 2. The van der Waals surface area contributed by atoms with E-state index in [2.05, 4.69) is 26.2 Å². The second-order valence-electron chi connectivity index (χ2n) is 6.54. The van der Waals surface area contributed by atoms with Crippen LogP contribution in [0.2, 0.25) is 0 Å². The van der Waals surface area contributed by atoms with Crippen LogP contribution < -0.4 is 5.32 Å². The maximum Gasteiger partial charge on any atom is 0.252 e. The maximum atomic E-state index is 12.5. The molecule has 1 saturated heterocycles. The lowest BCUT2D eigenvalue weighted by molar-refractivity contribution is -0.131. The molecule has 1 fully saturated rings. The van der Waals surface area contributed by atoms with E-state index in [1.54, 1.807) is 24.5 Å². The second-order valence-corrected chi connectivity index (χ2v) is 7.40. The molecule has 0 spiro atoms. The summed E-state index contributed by atoms with van der Waals surface area (Å²) in [4.78, 5) is 30.5. The number of likely N-dealkylation sites (tertiary alicyclic amines) is 1. The number of rotatable bonds is 5. The van der Waals surface area contributed by atoms with Gasteiger partial charge < -0.3 is 10.2 Å². The zero-order valence-electron chi connectivity index (χ0n) is 14.5. The van der Waals surface area contributed by atoms with Gasteiger partial charge in [-0.15, -0.1) is 0 Å². The van der Waals surface area contributed by atoms with Crippen LogP contribution in [-0.4, -0.2) is 41.3 Å². The molecule has 1 aliphatic heterocycles. The van der Waals surface area contributed by atoms with Crippen molar-refractivity contribution in [3.05, 3.63) is 64.4 Å². The molecule has 0 unspecified atom stereocenters. The lowest BCUT2D eigenvalue weighted by Gasteiger charge is -2.32. The molecule has 6 heteroatoms. The van der Waals surface area contributed by atoms with E-state index < -0.39 is 0 Å². The smallest absolute Gasteiger partial charge is 0.252 e. The summed E-state index contributed by atoms with van der Waals surface area (Å²) < 4.78 is 0.973. The van der Waals surface area contributed by atoms with Gasteiger partial charge in [0.2, 0.25) is 5.91 Å². The summed E-state index contributed by atoms with van der Waals surface area (Å²) >= 11 is 3.50. The van der Waals surface area contributed by atoms with Crippen LogP contribution in [0.5, 0.6) is 0 Å². The van der Waals surface area contributed by atoms with Crippen molar-refractivity contribution in [2.75, 3.05) is 19.6 Å². The van der Waals surface area contributed by atoms with Crippen LogP contribution in [0.25, 0.3) is 0 Å². The third-order valence-corrected chi connectivity index (χ3v) is 5.52. The van der Waals surface area contributed by atoms with E-state index in [4.69, 9.17) is 0 Å². The summed E-state index contributed by atoms with van der Waals surface area (Å²) in [5.74, 6) is 0.475. The fraction of sp³-hybridized carbons (Fsp3) is 0.350. The van der Waals surface area contributed by atoms with Crippen LogP contribution in [0, 0.1) is 5.92 Å². The second kappa shape index (κ2) is 8.94. The Morgan fingerprint density at radius 2 is 1.92 bits per heavy atom. The van der Waals surface area contributed by atoms with Crippen molar-refractivity contribution in [3.63, 3.8) is 0 Å². The molecular formula is C20H22BrN3O2. The normalized spacial score (nSPS) is 14.9. The third kappa shape index (κ3) is 4.91. The van der Waals surface area contributed by atoms with Crippen molar-refractivity contribution < 1.29 is 9.59 Å². The summed E-state index contributed by atoms with van der Waals surface area (Å²) in [5.41, 5.74) is 1.59. The molecule has 0 bridgehead atoms. The molecule has 0 saturated carbocycles. The fourth-order valence-electron chi connectivity index (χ4n) is 3.14. The van der Waals surface area contributed by atoms with Crippen molar-refractivity contribution >= 4 is 27.7 Å². The van der Waals surface area contributed by atoms with E-state index in [9.17, 15) is 9.59 Å². The number of carbonyl (C=O) groups excluding carboxylic acids is 2. The number of aromatic nitrogens is 1. The van der Waals surface area contributed by atoms with Crippen LogP contribution >= 0.6 is 15.9 Å². The van der Waals surface area contributed by atoms with Gasteiger partial charge in [-0.1, -0.05) is 34.1 Å². The lowest BCUT2D eigenvalue weighted by Crippen LogP contribution is -2.42. The van der Waals surface area contributed by atoms with E-state index in [0.29, 0.717) is 24.4 Å². The Labute approximate surface area is 161 Å². The van der Waals surface area contributed by atoms with Crippen molar-refractivity contribution in [2.24, 2.45) is 5.92 Å². The molecule has 2 aromatic rings. The summed E-state index contributed by atoms with van der Waals surface area (Å²) in [6.07, 6.45) is 5.46. The molecular weight excluding hydrogens is 394 g/mol. The maximum absolute atomic E-state index is 12.5. The lowest BCUT2D eigenvalue weighted by atomic mass is 9.96. The number of pyridine rings is 1. The topological polar surface area (TPSA) is 62.3 Å². The standard InChI is InChI=1S/C20H22BrN3O2/c21-18-6-2-1-4-16(18)12-19(25)24-10-7-15(8-11-24)13-23-20(26)17-5-3-9-22-14-17/h1-6,9,14-15H,7-8,10-13H2,(H,23,26). The zero-order chi connectivity index (χ0) is 18.4. The number of benzene rings is 1. The van der Waals surface area contributed by atoms with Gasteiger partial charge in [0.25, 0.3) is 5.91 Å². The van der Waals surface area contributed by atoms with Crippen molar-refractivity contribution in [1.82, 2.24) is 15.2 Å². The van der Waals surface area contributed by atoms with Crippen LogP contribution in [-0.2, 0) is 11.2 Å². The molecule has 1 N–H and O–H groups in total. The van der Waals surface area contributed by atoms with E-state index in [1.807, 2.05) is 29.2 Å². The number of halogens is 1. The van der Waals surface area contributed by atoms with Gasteiger partial charge in [-0.25, -0.2) is 0 Å². The summed E-state index contributed by atoms with van der Waals surface area (Å²) in [7, 11) is 0. The summed E-state index contributed by atoms with van der Waals surface area (Å²) in [6, 6.07) is 11.3. The van der Waals surface area contributed by atoms with Gasteiger partial charge in [0, 0.05) is 36.5 Å². The predicted octanol–water partition coefficient (Wildman–Crippen LogP) is 3.06. The molecule has 1 aliphatic rings. The van der Waals surface area contributed by atoms with Crippen LogP contribution in [0.4, 0.5) is 0 Å². The van der Waals surface area contributed by atoms with Gasteiger partial charge in [-0.3, -0.25) is 14.6 Å². The molecule has 1 aromatic heterocycles. The molecule has 2 heterocycles. The van der Waals surface area contributed by atoms with E-state index >= 15 is 0 Å². The summed E-state index contributed by atoms with van der Waals surface area (Å²) in [6.45, 7) is 2.13. The first-order chi connectivity index (χ1) is 12.6. The molecule has 3 rings (SSSR count). The molecule has 0 aliphatic carbocycles. The summed E-state index contributed by atoms with van der Waals surface area (Å²) in [5, 5.41) is 2.97. The van der Waals surface area contributed by atoms with E-state index in [0.717, 1.165) is 36.0 Å². The SMILES string of the molecule is O=C(NCC1CCN(C(=O)Cc2ccccc2Br)CC1)c1cccnc1. The first-order valence-electron chi connectivity index (χ1n) is 8.83.